The molecule has 3 N–H and O–H groups in total. The Hall–Kier alpha value is -1.10. The van der Waals surface area contributed by atoms with Crippen LogP contribution in [0.2, 0.25) is 0 Å². The number of rotatable bonds is 4. The summed E-state index contributed by atoms with van der Waals surface area (Å²) in [5, 5.41) is 15.3. The number of amides is 1. The zero-order chi connectivity index (χ0) is 13.7. The molecule has 0 aromatic rings. The maximum absolute atomic E-state index is 11.4. The highest BCUT2D eigenvalue weighted by Gasteiger charge is 2.26. The molecule has 2 fully saturated rings. The molecule has 0 spiro atoms. The molecule has 2 rings (SSSR count). The lowest BCUT2D eigenvalue weighted by molar-refractivity contribution is -0.143. The zero-order valence-electron chi connectivity index (χ0n) is 11.4. The first-order chi connectivity index (χ1) is 9.15. The Balaban J connectivity index is 1.68. The van der Waals surface area contributed by atoms with Crippen LogP contribution in [0.4, 0.5) is 0 Å². The number of hydrogen-bond acceptors (Lipinski definition) is 3. The van der Waals surface area contributed by atoms with Gasteiger partial charge in [0.1, 0.15) is 0 Å². The van der Waals surface area contributed by atoms with Gasteiger partial charge in [-0.25, -0.2) is 0 Å². The average Bonchev–Trinajstić information content (AvgIpc) is 2.61. The molecule has 1 unspecified atom stereocenters. The van der Waals surface area contributed by atoms with Crippen LogP contribution in [0.15, 0.2) is 0 Å². The predicted octanol–water partition coefficient (Wildman–Crippen LogP) is 1.14. The summed E-state index contributed by atoms with van der Waals surface area (Å²) in [5.41, 5.74) is 0. The quantitative estimate of drug-likeness (QED) is 0.714. The Bertz CT molecular complexity index is 325. The van der Waals surface area contributed by atoms with Crippen LogP contribution in [0.1, 0.15) is 44.9 Å². The molecule has 1 atom stereocenters. The first-order valence-electron chi connectivity index (χ1n) is 7.38. The van der Waals surface area contributed by atoms with E-state index in [9.17, 15) is 9.59 Å². The summed E-state index contributed by atoms with van der Waals surface area (Å²) in [6, 6.07) is 0.291. The first-order valence-corrected chi connectivity index (χ1v) is 7.38. The van der Waals surface area contributed by atoms with Crippen LogP contribution >= 0.6 is 0 Å². The van der Waals surface area contributed by atoms with Crippen LogP contribution in [0.5, 0.6) is 0 Å². The molecule has 0 bridgehead atoms. The Morgan fingerprint density at radius 3 is 2.68 bits per heavy atom. The maximum Gasteiger partial charge on any atom is 0.306 e. The van der Waals surface area contributed by atoms with E-state index in [1.165, 1.54) is 0 Å². The monoisotopic (exact) mass is 268 g/mol. The molecule has 1 aliphatic carbocycles. The van der Waals surface area contributed by atoms with Gasteiger partial charge in [0, 0.05) is 19.0 Å². The van der Waals surface area contributed by atoms with Crippen molar-refractivity contribution in [2.45, 2.75) is 51.0 Å². The zero-order valence-corrected chi connectivity index (χ0v) is 11.4. The molecule has 1 amide bonds. The summed E-state index contributed by atoms with van der Waals surface area (Å²) >= 11 is 0. The normalized spacial score (nSPS) is 32.4. The molecule has 1 saturated heterocycles. The van der Waals surface area contributed by atoms with Crippen molar-refractivity contribution in [1.82, 2.24) is 10.6 Å². The van der Waals surface area contributed by atoms with Gasteiger partial charge in [0.25, 0.3) is 0 Å². The number of carbonyl (C=O) groups is 2. The van der Waals surface area contributed by atoms with Crippen molar-refractivity contribution in [3.8, 4) is 0 Å². The van der Waals surface area contributed by atoms with Crippen LogP contribution in [-0.4, -0.2) is 36.1 Å². The number of carboxylic acids is 1. The summed E-state index contributed by atoms with van der Waals surface area (Å²) in [6.45, 7) is 1.71. The molecule has 0 aromatic carbocycles. The molecule has 2 aliphatic rings. The van der Waals surface area contributed by atoms with E-state index in [1.807, 2.05) is 0 Å². The Morgan fingerprint density at radius 2 is 2.00 bits per heavy atom. The molecule has 1 aliphatic heterocycles. The highest BCUT2D eigenvalue weighted by Crippen LogP contribution is 2.28. The molecule has 1 heterocycles. The Kier molecular flexibility index (Phi) is 5.19. The van der Waals surface area contributed by atoms with E-state index >= 15 is 0 Å². The van der Waals surface area contributed by atoms with E-state index in [2.05, 4.69) is 10.6 Å². The fourth-order valence-electron chi connectivity index (χ4n) is 3.10. The van der Waals surface area contributed by atoms with Gasteiger partial charge in [0.05, 0.1) is 5.92 Å². The SMILES string of the molecule is O=C1CC(NCC2CCC(C(=O)O)CC2)CCCN1. The summed E-state index contributed by atoms with van der Waals surface area (Å²) in [4.78, 5) is 22.3. The highest BCUT2D eigenvalue weighted by molar-refractivity contribution is 5.76. The van der Waals surface area contributed by atoms with Crippen LogP contribution in [0, 0.1) is 11.8 Å². The third kappa shape index (κ3) is 4.49. The number of carboxylic acid groups (broad SMARTS) is 1. The molecular formula is C14H24N2O3. The number of hydrogen-bond donors (Lipinski definition) is 3. The number of carbonyl (C=O) groups excluding carboxylic acids is 1. The van der Waals surface area contributed by atoms with Gasteiger partial charge < -0.3 is 15.7 Å². The van der Waals surface area contributed by atoms with Gasteiger partial charge in [0.2, 0.25) is 5.91 Å². The van der Waals surface area contributed by atoms with Crippen molar-refractivity contribution in [3.05, 3.63) is 0 Å². The van der Waals surface area contributed by atoms with Gasteiger partial charge in [-0.3, -0.25) is 9.59 Å². The van der Waals surface area contributed by atoms with E-state index in [0.29, 0.717) is 18.4 Å². The minimum atomic E-state index is -0.646. The summed E-state index contributed by atoms with van der Waals surface area (Å²) < 4.78 is 0. The van der Waals surface area contributed by atoms with Crippen LogP contribution < -0.4 is 10.6 Å². The summed E-state index contributed by atoms with van der Waals surface area (Å²) in [6.07, 6.45) is 6.23. The lowest BCUT2D eigenvalue weighted by atomic mass is 9.82. The lowest BCUT2D eigenvalue weighted by Gasteiger charge is -2.27. The Morgan fingerprint density at radius 1 is 1.26 bits per heavy atom. The molecule has 0 aromatic heterocycles. The van der Waals surface area contributed by atoms with Gasteiger partial charge in [-0.05, 0) is 51.0 Å². The third-order valence-electron chi connectivity index (χ3n) is 4.37. The molecule has 5 nitrogen and oxygen atoms in total. The molecule has 5 heteroatoms. The van der Waals surface area contributed by atoms with E-state index in [1.54, 1.807) is 0 Å². The summed E-state index contributed by atoms with van der Waals surface area (Å²) in [7, 11) is 0. The van der Waals surface area contributed by atoms with Crippen molar-refractivity contribution in [2.75, 3.05) is 13.1 Å². The summed E-state index contributed by atoms with van der Waals surface area (Å²) in [5.74, 6) is -0.0711. The molecule has 19 heavy (non-hydrogen) atoms. The minimum absolute atomic E-state index is 0.139. The second-order valence-electron chi connectivity index (χ2n) is 5.86. The van der Waals surface area contributed by atoms with Crippen molar-refractivity contribution in [1.29, 1.82) is 0 Å². The minimum Gasteiger partial charge on any atom is -0.481 e. The van der Waals surface area contributed by atoms with Gasteiger partial charge in [-0.2, -0.15) is 0 Å². The smallest absolute Gasteiger partial charge is 0.306 e. The van der Waals surface area contributed by atoms with Crippen molar-refractivity contribution in [2.24, 2.45) is 11.8 Å². The lowest BCUT2D eigenvalue weighted by Crippen LogP contribution is -2.37. The van der Waals surface area contributed by atoms with E-state index in [0.717, 1.165) is 51.6 Å². The average molecular weight is 268 g/mol. The maximum atomic E-state index is 11.4. The first kappa shape index (κ1) is 14.3. The van der Waals surface area contributed by atoms with E-state index in [4.69, 9.17) is 5.11 Å². The fourth-order valence-corrected chi connectivity index (χ4v) is 3.10. The third-order valence-corrected chi connectivity index (χ3v) is 4.37. The van der Waals surface area contributed by atoms with E-state index < -0.39 is 5.97 Å². The number of nitrogens with one attached hydrogen (secondary N) is 2. The molecular weight excluding hydrogens is 244 g/mol. The fraction of sp³-hybridized carbons (Fsp3) is 0.857. The number of aliphatic carboxylic acids is 1. The Labute approximate surface area is 114 Å². The van der Waals surface area contributed by atoms with Crippen molar-refractivity contribution >= 4 is 11.9 Å². The van der Waals surface area contributed by atoms with E-state index in [-0.39, 0.29) is 11.8 Å². The largest absolute Gasteiger partial charge is 0.481 e. The van der Waals surface area contributed by atoms with Gasteiger partial charge >= 0.3 is 5.97 Å². The van der Waals surface area contributed by atoms with Crippen molar-refractivity contribution in [3.63, 3.8) is 0 Å². The van der Waals surface area contributed by atoms with Crippen molar-refractivity contribution < 1.29 is 14.7 Å². The van der Waals surface area contributed by atoms with Crippen LogP contribution in [-0.2, 0) is 9.59 Å². The second kappa shape index (κ2) is 6.89. The molecule has 1 saturated carbocycles. The topological polar surface area (TPSA) is 78.4 Å². The molecule has 108 valence electrons. The van der Waals surface area contributed by atoms with Crippen LogP contribution in [0.25, 0.3) is 0 Å². The van der Waals surface area contributed by atoms with Gasteiger partial charge in [-0.1, -0.05) is 0 Å². The van der Waals surface area contributed by atoms with Gasteiger partial charge in [0.15, 0.2) is 0 Å². The second-order valence-corrected chi connectivity index (χ2v) is 5.86. The van der Waals surface area contributed by atoms with Crippen LogP contribution in [0.3, 0.4) is 0 Å². The van der Waals surface area contributed by atoms with Gasteiger partial charge in [-0.15, -0.1) is 0 Å². The molecule has 0 radical (unpaired) electrons. The predicted molar refractivity (Wildman–Crippen MR) is 71.7 cm³/mol. The highest BCUT2D eigenvalue weighted by atomic mass is 16.4. The standard InChI is InChI=1S/C14H24N2O3/c17-13-8-12(2-1-7-15-13)16-9-10-3-5-11(6-4-10)14(18)19/h10-12,16H,1-9H2,(H,15,17)(H,18,19).